The van der Waals surface area contributed by atoms with E-state index in [-0.39, 0.29) is 5.91 Å². The van der Waals surface area contributed by atoms with Crippen LogP contribution in [0.15, 0.2) is 12.1 Å². The lowest BCUT2D eigenvalue weighted by Gasteiger charge is -2.30. The molecule has 1 heterocycles. The molecule has 1 unspecified atom stereocenters. The third kappa shape index (κ3) is 5.53. The molecular weight excluding hydrogens is 332 g/mol. The molecule has 1 N–H and O–H groups in total. The summed E-state index contributed by atoms with van der Waals surface area (Å²) in [6, 6.07) is 3.33. The standard InChI is InChI=1S/C20H32N2O4/c1-15-8-7-11-22(14-15)10-6-5-9-21-20(23)16-12-18(25-3)19(26-4)13-17(16)24-2/h12-13,15H,5-11,14H2,1-4H3,(H,21,23). The van der Waals surface area contributed by atoms with Gasteiger partial charge in [-0.3, -0.25) is 4.79 Å². The molecule has 0 bridgehead atoms. The number of hydrogen-bond donors (Lipinski definition) is 1. The van der Waals surface area contributed by atoms with Crippen molar-refractivity contribution in [3.8, 4) is 17.2 Å². The topological polar surface area (TPSA) is 60.0 Å². The van der Waals surface area contributed by atoms with Crippen LogP contribution in [0.3, 0.4) is 0 Å². The lowest BCUT2D eigenvalue weighted by Crippen LogP contribution is -2.35. The smallest absolute Gasteiger partial charge is 0.255 e. The highest BCUT2D eigenvalue weighted by molar-refractivity contribution is 5.97. The van der Waals surface area contributed by atoms with Crippen molar-refractivity contribution in [2.24, 2.45) is 5.92 Å². The molecule has 1 aromatic rings. The predicted octanol–water partition coefficient (Wildman–Crippen LogP) is 2.95. The maximum absolute atomic E-state index is 12.5. The van der Waals surface area contributed by atoms with Gasteiger partial charge in [0.1, 0.15) is 5.75 Å². The molecule has 6 heteroatoms. The number of rotatable bonds is 9. The van der Waals surface area contributed by atoms with Gasteiger partial charge in [-0.1, -0.05) is 6.92 Å². The number of nitrogens with one attached hydrogen (secondary N) is 1. The van der Waals surface area contributed by atoms with Gasteiger partial charge in [-0.25, -0.2) is 0 Å². The molecule has 0 aromatic heterocycles. The van der Waals surface area contributed by atoms with Gasteiger partial charge in [-0.05, 0) is 44.7 Å². The Morgan fingerprint density at radius 2 is 1.81 bits per heavy atom. The third-order valence-electron chi connectivity index (χ3n) is 4.88. The molecular formula is C20H32N2O4. The number of methoxy groups -OCH3 is 3. The second-order valence-electron chi connectivity index (χ2n) is 6.92. The zero-order valence-electron chi connectivity index (χ0n) is 16.5. The van der Waals surface area contributed by atoms with Crippen molar-refractivity contribution >= 4 is 5.91 Å². The summed E-state index contributed by atoms with van der Waals surface area (Å²) in [5, 5.41) is 2.98. The van der Waals surface area contributed by atoms with Crippen LogP contribution in [0, 0.1) is 5.92 Å². The van der Waals surface area contributed by atoms with Crippen molar-refractivity contribution < 1.29 is 19.0 Å². The Balaban J connectivity index is 1.82. The molecule has 26 heavy (non-hydrogen) atoms. The normalized spacial score (nSPS) is 17.6. The molecule has 2 rings (SSSR count). The Bertz CT molecular complexity index is 591. The quantitative estimate of drug-likeness (QED) is 0.683. The average Bonchev–Trinajstić information content (AvgIpc) is 2.66. The number of unbranched alkanes of at least 4 members (excludes halogenated alkanes) is 1. The van der Waals surface area contributed by atoms with Crippen LogP contribution in [-0.2, 0) is 0 Å². The molecule has 1 amide bonds. The number of carbonyl (C=O) groups excluding carboxylic acids is 1. The highest BCUT2D eigenvalue weighted by Gasteiger charge is 2.18. The van der Waals surface area contributed by atoms with Crippen molar-refractivity contribution in [3.05, 3.63) is 17.7 Å². The molecule has 1 saturated heterocycles. The molecule has 1 aromatic carbocycles. The summed E-state index contributed by atoms with van der Waals surface area (Å²) in [6.45, 7) is 6.50. The first-order chi connectivity index (χ1) is 12.6. The van der Waals surface area contributed by atoms with E-state index < -0.39 is 0 Å². The second-order valence-corrected chi connectivity index (χ2v) is 6.92. The Morgan fingerprint density at radius 1 is 1.12 bits per heavy atom. The number of benzene rings is 1. The fraction of sp³-hybridized carbons (Fsp3) is 0.650. The minimum atomic E-state index is -0.158. The Hall–Kier alpha value is -1.95. The van der Waals surface area contributed by atoms with Crippen LogP contribution in [0.4, 0.5) is 0 Å². The lowest BCUT2D eigenvalue weighted by molar-refractivity contribution is 0.0948. The predicted molar refractivity (Wildman–Crippen MR) is 103 cm³/mol. The van der Waals surface area contributed by atoms with E-state index >= 15 is 0 Å². The largest absolute Gasteiger partial charge is 0.496 e. The fourth-order valence-electron chi connectivity index (χ4n) is 3.45. The van der Waals surface area contributed by atoms with Crippen molar-refractivity contribution in [1.29, 1.82) is 0 Å². The van der Waals surface area contributed by atoms with E-state index in [0.717, 1.165) is 25.3 Å². The van der Waals surface area contributed by atoms with E-state index in [1.54, 1.807) is 26.4 Å². The Labute approximate surface area is 156 Å². The minimum Gasteiger partial charge on any atom is -0.496 e. The summed E-state index contributed by atoms with van der Waals surface area (Å²) in [4.78, 5) is 15.0. The zero-order valence-corrected chi connectivity index (χ0v) is 16.5. The first kappa shape index (κ1) is 20.4. The van der Waals surface area contributed by atoms with Crippen LogP contribution < -0.4 is 19.5 Å². The first-order valence-electron chi connectivity index (χ1n) is 9.39. The van der Waals surface area contributed by atoms with Crippen LogP contribution in [0.25, 0.3) is 0 Å². The van der Waals surface area contributed by atoms with Gasteiger partial charge in [0, 0.05) is 25.2 Å². The third-order valence-corrected chi connectivity index (χ3v) is 4.88. The SMILES string of the molecule is COc1cc(OC)c(C(=O)NCCCCN2CCCC(C)C2)cc1OC. The highest BCUT2D eigenvalue weighted by atomic mass is 16.5. The Kier molecular flexibility index (Phi) is 8.04. The fourth-order valence-corrected chi connectivity index (χ4v) is 3.45. The molecule has 1 aliphatic rings. The molecule has 0 radical (unpaired) electrons. The van der Waals surface area contributed by atoms with Gasteiger partial charge in [0.15, 0.2) is 11.5 Å². The molecule has 1 atom stereocenters. The van der Waals surface area contributed by atoms with Crippen molar-refractivity contribution in [1.82, 2.24) is 10.2 Å². The van der Waals surface area contributed by atoms with E-state index in [1.165, 1.54) is 33.0 Å². The molecule has 1 aliphatic heterocycles. The maximum Gasteiger partial charge on any atom is 0.255 e. The summed E-state index contributed by atoms with van der Waals surface area (Å²) in [6.07, 6.45) is 4.71. The second kappa shape index (κ2) is 10.3. The average molecular weight is 364 g/mol. The van der Waals surface area contributed by atoms with Crippen LogP contribution in [-0.4, -0.2) is 58.3 Å². The van der Waals surface area contributed by atoms with Crippen molar-refractivity contribution in [2.45, 2.75) is 32.6 Å². The van der Waals surface area contributed by atoms with Gasteiger partial charge in [0.05, 0.1) is 26.9 Å². The number of nitrogens with zero attached hydrogens (tertiary/aromatic N) is 1. The van der Waals surface area contributed by atoms with Gasteiger partial charge in [0.2, 0.25) is 0 Å². The van der Waals surface area contributed by atoms with E-state index in [1.807, 2.05) is 0 Å². The lowest BCUT2D eigenvalue weighted by atomic mass is 10.0. The van der Waals surface area contributed by atoms with E-state index in [0.29, 0.717) is 29.4 Å². The van der Waals surface area contributed by atoms with Gasteiger partial charge in [0.25, 0.3) is 5.91 Å². The highest BCUT2D eigenvalue weighted by Crippen LogP contribution is 2.34. The monoisotopic (exact) mass is 364 g/mol. The number of piperidine rings is 1. The molecule has 0 aliphatic carbocycles. The summed E-state index contributed by atoms with van der Waals surface area (Å²) in [5.41, 5.74) is 0.454. The van der Waals surface area contributed by atoms with Gasteiger partial charge in [-0.15, -0.1) is 0 Å². The van der Waals surface area contributed by atoms with E-state index in [2.05, 4.69) is 17.1 Å². The van der Waals surface area contributed by atoms with Crippen LogP contribution in [0.2, 0.25) is 0 Å². The summed E-state index contributed by atoms with van der Waals surface area (Å²) in [5.74, 6) is 2.17. The summed E-state index contributed by atoms with van der Waals surface area (Å²) in [7, 11) is 4.64. The molecule has 146 valence electrons. The number of likely N-dealkylation sites (tertiary alicyclic amines) is 1. The molecule has 0 spiro atoms. The van der Waals surface area contributed by atoms with Gasteiger partial charge in [-0.2, -0.15) is 0 Å². The van der Waals surface area contributed by atoms with Crippen molar-refractivity contribution in [2.75, 3.05) is 47.5 Å². The van der Waals surface area contributed by atoms with Gasteiger partial charge >= 0.3 is 0 Å². The molecule has 0 saturated carbocycles. The number of ether oxygens (including phenoxy) is 3. The first-order valence-corrected chi connectivity index (χ1v) is 9.39. The number of hydrogen-bond acceptors (Lipinski definition) is 5. The summed E-state index contributed by atoms with van der Waals surface area (Å²) < 4.78 is 15.9. The minimum absolute atomic E-state index is 0.158. The van der Waals surface area contributed by atoms with Crippen LogP contribution in [0.1, 0.15) is 43.0 Å². The van der Waals surface area contributed by atoms with Crippen LogP contribution >= 0.6 is 0 Å². The van der Waals surface area contributed by atoms with E-state index in [4.69, 9.17) is 14.2 Å². The summed E-state index contributed by atoms with van der Waals surface area (Å²) >= 11 is 0. The number of carbonyl (C=O) groups is 1. The van der Waals surface area contributed by atoms with Crippen LogP contribution in [0.5, 0.6) is 17.2 Å². The zero-order chi connectivity index (χ0) is 18.9. The Morgan fingerprint density at radius 3 is 2.46 bits per heavy atom. The van der Waals surface area contributed by atoms with E-state index in [9.17, 15) is 4.79 Å². The molecule has 6 nitrogen and oxygen atoms in total. The van der Waals surface area contributed by atoms with Gasteiger partial charge < -0.3 is 24.4 Å². The number of amides is 1. The van der Waals surface area contributed by atoms with Crippen molar-refractivity contribution in [3.63, 3.8) is 0 Å². The maximum atomic E-state index is 12.5. The molecule has 1 fully saturated rings.